The van der Waals surface area contributed by atoms with E-state index < -0.39 is 11.7 Å². The van der Waals surface area contributed by atoms with E-state index in [1.165, 1.54) is 6.07 Å². The van der Waals surface area contributed by atoms with Crippen molar-refractivity contribution in [2.45, 2.75) is 31.5 Å². The van der Waals surface area contributed by atoms with Gasteiger partial charge in [0.25, 0.3) is 0 Å². The number of benzene rings is 1. The predicted molar refractivity (Wildman–Crippen MR) is 87.3 cm³/mol. The maximum Gasteiger partial charge on any atom is 0.416 e. The van der Waals surface area contributed by atoms with Crippen LogP contribution in [0, 0.1) is 0 Å². The topological polar surface area (TPSA) is 49.9 Å². The number of hydrogen-bond donors (Lipinski definition) is 0. The lowest BCUT2D eigenvalue weighted by molar-refractivity contribution is -0.143. The second-order valence-electron chi connectivity index (χ2n) is 6.65. The van der Waals surface area contributed by atoms with Gasteiger partial charge in [0, 0.05) is 32.5 Å². The normalized spacial score (nSPS) is 21.3. The lowest BCUT2D eigenvalue weighted by Gasteiger charge is -2.34. The number of carbonyl (C=O) groups excluding carboxylic acids is 2. The van der Waals surface area contributed by atoms with Crippen molar-refractivity contribution in [2.75, 3.05) is 32.8 Å². The summed E-state index contributed by atoms with van der Waals surface area (Å²) in [6.07, 6.45) is -3.18. The fourth-order valence-electron chi connectivity index (χ4n) is 3.34. The number of hydrogen-bond acceptors (Lipinski definition) is 3. The lowest BCUT2D eigenvalue weighted by Crippen LogP contribution is -2.49. The molecule has 1 aromatic rings. The molecule has 3 rings (SSSR count). The van der Waals surface area contributed by atoms with Gasteiger partial charge in [0.15, 0.2) is 0 Å². The van der Waals surface area contributed by atoms with Crippen molar-refractivity contribution in [3.63, 3.8) is 0 Å². The molecular formula is C18H21F3N2O3. The van der Waals surface area contributed by atoms with Crippen LogP contribution < -0.4 is 0 Å². The Hall–Kier alpha value is -2.09. The summed E-state index contributed by atoms with van der Waals surface area (Å²) in [5.74, 6) is -0.148. The Kier molecular flexibility index (Phi) is 5.50. The molecule has 26 heavy (non-hydrogen) atoms. The van der Waals surface area contributed by atoms with Gasteiger partial charge in [-0.15, -0.1) is 0 Å². The van der Waals surface area contributed by atoms with Crippen LogP contribution in [-0.2, 0) is 26.9 Å². The number of amides is 2. The summed E-state index contributed by atoms with van der Waals surface area (Å²) < 4.78 is 44.1. The largest absolute Gasteiger partial charge is 0.416 e. The maximum absolute atomic E-state index is 12.8. The van der Waals surface area contributed by atoms with Crippen LogP contribution in [0.1, 0.15) is 24.0 Å². The molecule has 2 aliphatic heterocycles. The third kappa shape index (κ3) is 4.55. The van der Waals surface area contributed by atoms with Gasteiger partial charge in [-0.1, -0.05) is 18.2 Å². The average Bonchev–Trinajstić information content (AvgIpc) is 2.99. The van der Waals surface area contributed by atoms with E-state index in [2.05, 4.69) is 0 Å². The Morgan fingerprint density at radius 3 is 2.77 bits per heavy atom. The molecule has 0 N–H and O–H groups in total. The first kappa shape index (κ1) is 18.7. The van der Waals surface area contributed by atoms with E-state index in [9.17, 15) is 22.8 Å². The Balaban J connectivity index is 1.58. The second-order valence-corrected chi connectivity index (χ2v) is 6.65. The van der Waals surface area contributed by atoms with Gasteiger partial charge in [-0.3, -0.25) is 9.59 Å². The van der Waals surface area contributed by atoms with Gasteiger partial charge in [0.1, 0.15) is 0 Å². The third-order valence-electron chi connectivity index (χ3n) is 4.71. The molecule has 1 unspecified atom stereocenters. The SMILES string of the molecule is O=C1CCCN1CC(=O)N1CCOC(Cc2cccc(C(F)(F)F)c2)C1. The quantitative estimate of drug-likeness (QED) is 0.816. The molecule has 1 aromatic carbocycles. The van der Waals surface area contributed by atoms with Gasteiger partial charge in [-0.2, -0.15) is 13.2 Å². The number of likely N-dealkylation sites (tertiary alicyclic amines) is 1. The average molecular weight is 370 g/mol. The molecule has 2 fully saturated rings. The fourth-order valence-corrected chi connectivity index (χ4v) is 3.34. The van der Waals surface area contributed by atoms with Crippen molar-refractivity contribution in [3.8, 4) is 0 Å². The molecule has 142 valence electrons. The monoisotopic (exact) mass is 370 g/mol. The standard InChI is InChI=1S/C18H21F3N2O3/c19-18(20,21)14-4-1-3-13(9-14)10-15-11-23(7-8-26-15)17(25)12-22-6-2-5-16(22)24/h1,3-4,9,15H,2,5-8,10-12H2. The van der Waals surface area contributed by atoms with Crippen LogP contribution in [-0.4, -0.2) is 60.5 Å². The van der Waals surface area contributed by atoms with Crippen LogP contribution in [0.4, 0.5) is 13.2 Å². The molecule has 0 bridgehead atoms. The maximum atomic E-state index is 12.8. The van der Waals surface area contributed by atoms with E-state index in [-0.39, 0.29) is 24.5 Å². The van der Waals surface area contributed by atoms with Crippen LogP contribution in [0.5, 0.6) is 0 Å². The van der Waals surface area contributed by atoms with Crippen molar-refractivity contribution in [1.29, 1.82) is 0 Å². The van der Waals surface area contributed by atoms with Crippen molar-refractivity contribution in [1.82, 2.24) is 9.80 Å². The summed E-state index contributed by atoms with van der Waals surface area (Å²) >= 11 is 0. The molecule has 0 aromatic heterocycles. The van der Waals surface area contributed by atoms with Crippen LogP contribution >= 0.6 is 0 Å². The predicted octanol–water partition coefficient (Wildman–Crippen LogP) is 2.10. The zero-order chi connectivity index (χ0) is 18.7. The number of nitrogens with zero attached hydrogens (tertiary/aromatic N) is 2. The molecule has 0 saturated carbocycles. The van der Waals surface area contributed by atoms with Gasteiger partial charge < -0.3 is 14.5 Å². The molecule has 2 amide bonds. The number of halogens is 3. The molecule has 2 saturated heterocycles. The zero-order valence-corrected chi connectivity index (χ0v) is 14.3. The summed E-state index contributed by atoms with van der Waals surface area (Å²) in [5.41, 5.74) is -0.167. The summed E-state index contributed by atoms with van der Waals surface area (Å²) in [6, 6.07) is 5.16. The van der Waals surface area contributed by atoms with Gasteiger partial charge in [-0.05, 0) is 18.1 Å². The van der Waals surface area contributed by atoms with Crippen LogP contribution in [0.15, 0.2) is 24.3 Å². The number of carbonyl (C=O) groups is 2. The minimum absolute atomic E-state index is 0.00729. The Morgan fingerprint density at radius 2 is 2.08 bits per heavy atom. The van der Waals surface area contributed by atoms with E-state index >= 15 is 0 Å². The van der Waals surface area contributed by atoms with Gasteiger partial charge in [0.2, 0.25) is 11.8 Å². The molecular weight excluding hydrogens is 349 g/mol. The highest BCUT2D eigenvalue weighted by atomic mass is 19.4. The first-order chi connectivity index (χ1) is 12.3. The van der Waals surface area contributed by atoms with Gasteiger partial charge >= 0.3 is 6.18 Å². The summed E-state index contributed by atoms with van der Waals surface area (Å²) in [7, 11) is 0. The van der Waals surface area contributed by atoms with E-state index in [1.54, 1.807) is 15.9 Å². The summed E-state index contributed by atoms with van der Waals surface area (Å²) in [6.45, 7) is 1.75. The summed E-state index contributed by atoms with van der Waals surface area (Å²) in [4.78, 5) is 27.2. The van der Waals surface area contributed by atoms with Crippen molar-refractivity contribution in [3.05, 3.63) is 35.4 Å². The third-order valence-corrected chi connectivity index (χ3v) is 4.71. The molecule has 2 aliphatic rings. The lowest BCUT2D eigenvalue weighted by atomic mass is 10.0. The fraction of sp³-hybridized carbons (Fsp3) is 0.556. The smallest absolute Gasteiger partial charge is 0.374 e. The van der Waals surface area contributed by atoms with E-state index in [4.69, 9.17) is 4.74 Å². The minimum atomic E-state index is -4.38. The van der Waals surface area contributed by atoms with E-state index in [0.717, 1.165) is 18.6 Å². The molecule has 1 atom stereocenters. The molecule has 0 aliphatic carbocycles. The highest BCUT2D eigenvalue weighted by molar-refractivity contribution is 5.85. The van der Waals surface area contributed by atoms with Crippen molar-refractivity contribution < 1.29 is 27.5 Å². The molecule has 5 nitrogen and oxygen atoms in total. The molecule has 0 spiro atoms. The highest BCUT2D eigenvalue weighted by Crippen LogP contribution is 2.30. The Bertz CT molecular complexity index is 678. The number of ether oxygens (including phenoxy) is 1. The first-order valence-electron chi connectivity index (χ1n) is 8.66. The molecule has 2 heterocycles. The Labute approximate surface area is 149 Å². The molecule has 0 radical (unpaired) electrons. The van der Waals surface area contributed by atoms with Gasteiger partial charge in [0.05, 0.1) is 24.8 Å². The number of morpholine rings is 1. The Morgan fingerprint density at radius 1 is 1.27 bits per heavy atom. The van der Waals surface area contributed by atoms with E-state index in [0.29, 0.717) is 44.6 Å². The van der Waals surface area contributed by atoms with Crippen LogP contribution in [0.3, 0.4) is 0 Å². The molecule has 8 heteroatoms. The van der Waals surface area contributed by atoms with Gasteiger partial charge in [-0.25, -0.2) is 0 Å². The number of alkyl halides is 3. The van der Waals surface area contributed by atoms with E-state index in [1.807, 2.05) is 0 Å². The minimum Gasteiger partial charge on any atom is -0.374 e. The second kappa shape index (κ2) is 7.65. The first-order valence-corrected chi connectivity index (χ1v) is 8.66. The zero-order valence-electron chi connectivity index (χ0n) is 14.3. The van der Waals surface area contributed by atoms with Crippen LogP contribution in [0.25, 0.3) is 0 Å². The highest BCUT2D eigenvalue weighted by Gasteiger charge is 2.31. The van der Waals surface area contributed by atoms with Crippen molar-refractivity contribution >= 4 is 11.8 Å². The van der Waals surface area contributed by atoms with Crippen LogP contribution in [0.2, 0.25) is 0 Å². The van der Waals surface area contributed by atoms with Crippen molar-refractivity contribution in [2.24, 2.45) is 0 Å². The number of rotatable bonds is 4. The summed E-state index contributed by atoms with van der Waals surface area (Å²) in [5, 5.41) is 0.